The first-order valence-electron chi connectivity index (χ1n) is 5.75. The highest BCUT2D eigenvalue weighted by Crippen LogP contribution is 2.06. The summed E-state index contributed by atoms with van der Waals surface area (Å²) in [6.07, 6.45) is 9.03. The molecule has 0 spiro atoms. The van der Waals surface area contributed by atoms with Crippen LogP contribution in [0.1, 0.15) is 46.0 Å². The lowest BCUT2D eigenvalue weighted by Gasteiger charge is -2.15. The molecule has 3 heteroatoms. The molecular formula is C12H23NO2. The molecule has 3 nitrogen and oxygen atoms in total. The fourth-order valence-corrected chi connectivity index (χ4v) is 1.43. The third-order valence-corrected chi connectivity index (χ3v) is 2.30. The average molecular weight is 213 g/mol. The Hall–Kier alpha value is -0.990. The third kappa shape index (κ3) is 8.03. The van der Waals surface area contributed by atoms with Crippen molar-refractivity contribution in [2.45, 2.75) is 52.0 Å². The van der Waals surface area contributed by atoms with Gasteiger partial charge in [-0.2, -0.15) is 0 Å². The van der Waals surface area contributed by atoms with Gasteiger partial charge in [0.2, 0.25) is 0 Å². The van der Waals surface area contributed by atoms with Gasteiger partial charge in [-0.05, 0) is 12.8 Å². The fraction of sp³-hybridized carbons (Fsp3) is 0.750. The molecule has 0 aliphatic carbocycles. The van der Waals surface area contributed by atoms with Crippen LogP contribution in [0.2, 0.25) is 0 Å². The van der Waals surface area contributed by atoms with Crippen LogP contribution in [-0.4, -0.2) is 19.1 Å². The normalized spacial score (nSPS) is 12.7. The highest BCUT2D eigenvalue weighted by molar-refractivity contribution is 5.81. The Bertz CT molecular complexity index is 190. The monoisotopic (exact) mass is 213 g/mol. The minimum atomic E-state index is -0.312. The Morgan fingerprint density at radius 1 is 1.33 bits per heavy atom. The van der Waals surface area contributed by atoms with Gasteiger partial charge in [-0.15, -0.1) is 0 Å². The van der Waals surface area contributed by atoms with Gasteiger partial charge in [-0.1, -0.05) is 33.1 Å². The van der Waals surface area contributed by atoms with Crippen LogP contribution in [0.15, 0.2) is 12.3 Å². The van der Waals surface area contributed by atoms with Crippen molar-refractivity contribution >= 4 is 5.97 Å². The average Bonchev–Trinajstić information content (AvgIpc) is 2.25. The number of carbonyl (C=O) groups excluding carboxylic acids is 1. The summed E-state index contributed by atoms with van der Waals surface area (Å²) < 4.78 is 4.51. The number of methoxy groups -OCH3 is 1. The topological polar surface area (TPSA) is 38.3 Å². The van der Waals surface area contributed by atoms with E-state index in [-0.39, 0.29) is 5.97 Å². The quantitative estimate of drug-likeness (QED) is 0.497. The summed E-state index contributed by atoms with van der Waals surface area (Å²) in [5.74, 6) is -0.312. The van der Waals surface area contributed by atoms with Crippen LogP contribution >= 0.6 is 0 Å². The van der Waals surface area contributed by atoms with Gasteiger partial charge in [-0.25, -0.2) is 4.79 Å². The zero-order valence-electron chi connectivity index (χ0n) is 10.1. The summed E-state index contributed by atoms with van der Waals surface area (Å²) in [7, 11) is 1.38. The maximum Gasteiger partial charge on any atom is 0.331 e. The van der Waals surface area contributed by atoms with Crippen LogP contribution in [0.3, 0.4) is 0 Å². The van der Waals surface area contributed by atoms with Crippen LogP contribution in [0.25, 0.3) is 0 Å². The van der Waals surface area contributed by atoms with Gasteiger partial charge < -0.3 is 10.1 Å². The summed E-state index contributed by atoms with van der Waals surface area (Å²) in [6, 6.07) is 0.482. The number of rotatable bonds is 8. The molecule has 0 aromatic carbocycles. The van der Waals surface area contributed by atoms with E-state index in [1.165, 1.54) is 26.0 Å². The Balaban J connectivity index is 3.83. The van der Waals surface area contributed by atoms with Crippen molar-refractivity contribution in [1.82, 2.24) is 5.32 Å². The van der Waals surface area contributed by atoms with Gasteiger partial charge in [0.05, 0.1) is 7.11 Å². The van der Waals surface area contributed by atoms with Gasteiger partial charge in [0.25, 0.3) is 0 Å². The molecule has 88 valence electrons. The van der Waals surface area contributed by atoms with Crippen LogP contribution in [0.5, 0.6) is 0 Å². The molecule has 0 amide bonds. The fourth-order valence-electron chi connectivity index (χ4n) is 1.43. The minimum Gasteiger partial charge on any atom is -0.466 e. The summed E-state index contributed by atoms with van der Waals surface area (Å²) in [5, 5.41) is 3.24. The number of carbonyl (C=O) groups is 1. The maximum atomic E-state index is 10.8. The predicted molar refractivity (Wildman–Crippen MR) is 62.5 cm³/mol. The molecule has 1 atom stereocenters. The third-order valence-electron chi connectivity index (χ3n) is 2.30. The van der Waals surface area contributed by atoms with Crippen LogP contribution < -0.4 is 5.32 Å². The first-order chi connectivity index (χ1) is 7.24. The first kappa shape index (κ1) is 14.0. The van der Waals surface area contributed by atoms with E-state index in [4.69, 9.17) is 0 Å². The van der Waals surface area contributed by atoms with Crippen molar-refractivity contribution in [1.29, 1.82) is 0 Å². The standard InChI is InChI=1S/C12H23NO2/c1-4-6-8-11(7-5-2)13-10-9-12(14)15-3/h9-11,13H,4-8H2,1-3H3/b10-9+. The van der Waals surface area contributed by atoms with Gasteiger partial charge in [0.15, 0.2) is 0 Å². The molecule has 0 aromatic heterocycles. The maximum absolute atomic E-state index is 10.8. The van der Waals surface area contributed by atoms with Crippen molar-refractivity contribution in [2.75, 3.05) is 7.11 Å². The van der Waals surface area contributed by atoms with Gasteiger partial charge in [0, 0.05) is 18.3 Å². The smallest absolute Gasteiger partial charge is 0.331 e. The molecule has 0 saturated carbocycles. The molecule has 0 aromatic rings. The number of hydrogen-bond donors (Lipinski definition) is 1. The summed E-state index contributed by atoms with van der Waals surface area (Å²) in [6.45, 7) is 4.36. The van der Waals surface area contributed by atoms with Gasteiger partial charge in [-0.3, -0.25) is 0 Å². The minimum absolute atomic E-state index is 0.312. The van der Waals surface area contributed by atoms with Crippen molar-refractivity contribution in [3.63, 3.8) is 0 Å². The van der Waals surface area contributed by atoms with E-state index in [0.29, 0.717) is 6.04 Å². The number of ether oxygens (including phenoxy) is 1. The molecule has 0 aliphatic heterocycles. The zero-order valence-corrected chi connectivity index (χ0v) is 10.1. The van der Waals surface area contributed by atoms with Gasteiger partial charge in [0.1, 0.15) is 0 Å². The molecule has 15 heavy (non-hydrogen) atoms. The van der Waals surface area contributed by atoms with E-state index < -0.39 is 0 Å². The molecule has 0 saturated heterocycles. The largest absolute Gasteiger partial charge is 0.466 e. The van der Waals surface area contributed by atoms with E-state index in [9.17, 15) is 4.79 Å². The number of hydrogen-bond acceptors (Lipinski definition) is 3. The Morgan fingerprint density at radius 3 is 2.60 bits per heavy atom. The van der Waals surface area contributed by atoms with Crippen molar-refractivity contribution in [3.05, 3.63) is 12.3 Å². The van der Waals surface area contributed by atoms with E-state index in [1.54, 1.807) is 6.20 Å². The van der Waals surface area contributed by atoms with E-state index >= 15 is 0 Å². The lowest BCUT2D eigenvalue weighted by molar-refractivity contribution is -0.134. The number of unbranched alkanes of at least 4 members (excludes halogenated alkanes) is 1. The molecule has 0 radical (unpaired) electrons. The number of esters is 1. The summed E-state index contributed by atoms with van der Waals surface area (Å²) >= 11 is 0. The first-order valence-corrected chi connectivity index (χ1v) is 5.75. The molecule has 0 fully saturated rings. The summed E-state index contributed by atoms with van der Waals surface area (Å²) in [5.41, 5.74) is 0. The van der Waals surface area contributed by atoms with Crippen molar-refractivity contribution < 1.29 is 9.53 Å². The van der Waals surface area contributed by atoms with Gasteiger partial charge >= 0.3 is 5.97 Å². The lowest BCUT2D eigenvalue weighted by Crippen LogP contribution is -2.24. The SMILES string of the molecule is CCCCC(CCC)N/C=C/C(=O)OC. The Labute approximate surface area is 92.9 Å². The van der Waals surface area contributed by atoms with Crippen LogP contribution in [0, 0.1) is 0 Å². The Kier molecular flexibility index (Phi) is 8.93. The highest BCUT2D eigenvalue weighted by Gasteiger charge is 2.03. The molecule has 0 aliphatic rings. The lowest BCUT2D eigenvalue weighted by atomic mass is 10.1. The van der Waals surface area contributed by atoms with E-state index in [0.717, 1.165) is 19.3 Å². The second kappa shape index (κ2) is 9.56. The predicted octanol–water partition coefficient (Wildman–Crippen LogP) is 2.62. The molecule has 0 rings (SSSR count). The second-order valence-electron chi connectivity index (χ2n) is 3.65. The molecule has 0 bridgehead atoms. The summed E-state index contributed by atoms with van der Waals surface area (Å²) in [4.78, 5) is 10.8. The van der Waals surface area contributed by atoms with Crippen LogP contribution in [-0.2, 0) is 9.53 Å². The number of nitrogens with one attached hydrogen (secondary N) is 1. The highest BCUT2D eigenvalue weighted by atomic mass is 16.5. The zero-order chi connectivity index (χ0) is 11.5. The van der Waals surface area contributed by atoms with E-state index in [2.05, 4.69) is 23.9 Å². The molecular weight excluding hydrogens is 190 g/mol. The Morgan fingerprint density at radius 2 is 2.07 bits per heavy atom. The van der Waals surface area contributed by atoms with Crippen LogP contribution in [0.4, 0.5) is 0 Å². The molecule has 1 N–H and O–H groups in total. The van der Waals surface area contributed by atoms with E-state index in [1.807, 2.05) is 0 Å². The molecule has 0 heterocycles. The van der Waals surface area contributed by atoms with Crippen molar-refractivity contribution in [3.8, 4) is 0 Å². The second-order valence-corrected chi connectivity index (χ2v) is 3.65. The van der Waals surface area contributed by atoms with Crippen molar-refractivity contribution in [2.24, 2.45) is 0 Å². The molecule has 1 unspecified atom stereocenters.